The summed E-state index contributed by atoms with van der Waals surface area (Å²) in [5, 5.41) is 6.94. The van der Waals surface area contributed by atoms with Gasteiger partial charge in [-0.25, -0.2) is 4.98 Å². The van der Waals surface area contributed by atoms with Gasteiger partial charge in [0.25, 0.3) is 0 Å². The van der Waals surface area contributed by atoms with Gasteiger partial charge in [0.1, 0.15) is 5.82 Å². The lowest BCUT2D eigenvalue weighted by Gasteiger charge is -2.16. The van der Waals surface area contributed by atoms with Crippen molar-refractivity contribution in [1.82, 2.24) is 15.2 Å². The van der Waals surface area contributed by atoms with E-state index < -0.39 is 0 Å². The summed E-state index contributed by atoms with van der Waals surface area (Å²) in [5.74, 6) is 1.85. The number of aryl methyl sites for hydroxylation is 1. The summed E-state index contributed by atoms with van der Waals surface area (Å²) in [6, 6.07) is 7.72. The van der Waals surface area contributed by atoms with Crippen molar-refractivity contribution < 1.29 is 4.79 Å². The minimum atomic E-state index is 0.141. The van der Waals surface area contributed by atoms with Crippen LogP contribution in [0.3, 0.4) is 0 Å². The first-order valence-electron chi connectivity index (χ1n) is 6.67. The highest BCUT2D eigenvalue weighted by Gasteiger charge is 2.29. The van der Waals surface area contributed by atoms with E-state index in [-0.39, 0.29) is 11.8 Å². The van der Waals surface area contributed by atoms with Gasteiger partial charge in [-0.15, -0.1) is 0 Å². The number of hydrogen-bond acceptors (Lipinski definition) is 4. The number of anilines is 1. The zero-order valence-corrected chi connectivity index (χ0v) is 11.3. The molecule has 3 rings (SSSR count). The highest BCUT2D eigenvalue weighted by atomic mass is 16.2. The highest BCUT2D eigenvalue weighted by molar-refractivity contribution is 5.95. The Morgan fingerprint density at radius 3 is 2.70 bits per heavy atom. The van der Waals surface area contributed by atoms with Crippen LogP contribution in [0.1, 0.15) is 12.2 Å². The molecule has 104 valence electrons. The average molecular weight is 271 g/mol. The number of aromatic nitrogens is 3. The van der Waals surface area contributed by atoms with Crippen molar-refractivity contribution in [2.24, 2.45) is 11.7 Å². The minimum Gasteiger partial charge on any atom is -0.330 e. The largest absolute Gasteiger partial charge is 0.330 e. The van der Waals surface area contributed by atoms with E-state index in [1.807, 2.05) is 31.2 Å². The molecule has 3 N–H and O–H groups in total. The third kappa shape index (κ3) is 2.30. The molecular formula is C14H17N5O. The summed E-state index contributed by atoms with van der Waals surface area (Å²) < 4.78 is 0. The van der Waals surface area contributed by atoms with Crippen molar-refractivity contribution in [3.8, 4) is 11.4 Å². The monoisotopic (exact) mass is 271 g/mol. The van der Waals surface area contributed by atoms with E-state index in [9.17, 15) is 4.79 Å². The standard InChI is InChI=1S/C14H17N5O/c1-9-16-14(18-17-9)11-2-4-12(5-3-11)19-8-10(7-15)6-13(19)20/h2-5,10H,6-8,15H2,1H3,(H,16,17,18). The Bertz CT molecular complexity index is 619. The fourth-order valence-electron chi connectivity index (χ4n) is 2.45. The van der Waals surface area contributed by atoms with Crippen molar-refractivity contribution in [1.29, 1.82) is 0 Å². The Morgan fingerprint density at radius 2 is 2.15 bits per heavy atom. The summed E-state index contributed by atoms with van der Waals surface area (Å²) in [5.41, 5.74) is 7.48. The van der Waals surface area contributed by atoms with Crippen molar-refractivity contribution in [3.05, 3.63) is 30.1 Å². The van der Waals surface area contributed by atoms with Gasteiger partial charge in [-0.2, -0.15) is 5.10 Å². The second-order valence-corrected chi connectivity index (χ2v) is 5.10. The molecule has 2 heterocycles. The van der Waals surface area contributed by atoms with E-state index in [1.54, 1.807) is 4.90 Å². The van der Waals surface area contributed by atoms with E-state index >= 15 is 0 Å². The van der Waals surface area contributed by atoms with Gasteiger partial charge in [0.2, 0.25) is 5.91 Å². The molecule has 20 heavy (non-hydrogen) atoms. The molecule has 1 atom stereocenters. The van der Waals surface area contributed by atoms with Crippen LogP contribution in [0.2, 0.25) is 0 Å². The number of nitrogens with zero attached hydrogens (tertiary/aromatic N) is 3. The van der Waals surface area contributed by atoms with Crippen LogP contribution in [-0.2, 0) is 4.79 Å². The van der Waals surface area contributed by atoms with Crippen LogP contribution in [-0.4, -0.2) is 34.2 Å². The Kier molecular flexibility index (Phi) is 3.23. The van der Waals surface area contributed by atoms with Gasteiger partial charge in [0.05, 0.1) is 0 Å². The van der Waals surface area contributed by atoms with Crippen LogP contribution in [0.25, 0.3) is 11.4 Å². The Balaban J connectivity index is 1.81. The predicted molar refractivity (Wildman–Crippen MR) is 76.1 cm³/mol. The fraction of sp³-hybridized carbons (Fsp3) is 0.357. The van der Waals surface area contributed by atoms with Gasteiger partial charge in [-0.3, -0.25) is 9.89 Å². The van der Waals surface area contributed by atoms with Crippen LogP contribution < -0.4 is 10.6 Å². The molecule has 1 saturated heterocycles. The van der Waals surface area contributed by atoms with Gasteiger partial charge >= 0.3 is 0 Å². The van der Waals surface area contributed by atoms with Gasteiger partial charge in [-0.05, 0) is 43.7 Å². The number of benzene rings is 1. The lowest BCUT2D eigenvalue weighted by atomic mass is 10.1. The number of rotatable bonds is 3. The SMILES string of the molecule is Cc1nc(-c2ccc(N3CC(CN)CC3=O)cc2)n[nH]1. The number of aromatic amines is 1. The van der Waals surface area contributed by atoms with Crippen LogP contribution in [0.4, 0.5) is 5.69 Å². The number of nitrogens with one attached hydrogen (secondary N) is 1. The van der Waals surface area contributed by atoms with Crippen LogP contribution in [0, 0.1) is 12.8 Å². The molecule has 1 amide bonds. The van der Waals surface area contributed by atoms with Crippen LogP contribution in [0.15, 0.2) is 24.3 Å². The highest BCUT2D eigenvalue weighted by Crippen LogP contribution is 2.26. The third-order valence-electron chi connectivity index (χ3n) is 3.57. The van der Waals surface area contributed by atoms with E-state index in [2.05, 4.69) is 15.2 Å². The summed E-state index contributed by atoms with van der Waals surface area (Å²) >= 11 is 0. The van der Waals surface area contributed by atoms with E-state index in [1.165, 1.54) is 0 Å². The number of nitrogens with two attached hydrogens (primary N) is 1. The molecule has 1 aliphatic rings. The van der Waals surface area contributed by atoms with Crippen molar-refractivity contribution >= 4 is 11.6 Å². The summed E-state index contributed by atoms with van der Waals surface area (Å²) in [6.07, 6.45) is 0.540. The minimum absolute atomic E-state index is 0.141. The molecule has 6 heteroatoms. The lowest BCUT2D eigenvalue weighted by molar-refractivity contribution is -0.117. The summed E-state index contributed by atoms with van der Waals surface area (Å²) in [4.78, 5) is 18.0. The van der Waals surface area contributed by atoms with Crippen LogP contribution >= 0.6 is 0 Å². The summed E-state index contributed by atoms with van der Waals surface area (Å²) in [7, 11) is 0. The molecule has 6 nitrogen and oxygen atoms in total. The number of hydrogen-bond donors (Lipinski definition) is 2. The molecule has 0 aliphatic carbocycles. The molecule has 1 unspecified atom stereocenters. The maximum Gasteiger partial charge on any atom is 0.227 e. The van der Waals surface area contributed by atoms with E-state index in [0.717, 1.165) is 17.1 Å². The first-order chi connectivity index (χ1) is 9.67. The van der Waals surface area contributed by atoms with Crippen molar-refractivity contribution in [3.63, 3.8) is 0 Å². The van der Waals surface area contributed by atoms with Crippen LogP contribution in [0.5, 0.6) is 0 Å². The third-order valence-corrected chi connectivity index (χ3v) is 3.57. The van der Waals surface area contributed by atoms with Gasteiger partial charge in [0.15, 0.2) is 5.82 Å². The Morgan fingerprint density at radius 1 is 1.40 bits per heavy atom. The molecule has 0 radical (unpaired) electrons. The average Bonchev–Trinajstić information content (AvgIpc) is 3.05. The number of carbonyl (C=O) groups excluding carboxylic acids is 1. The van der Waals surface area contributed by atoms with Gasteiger partial charge < -0.3 is 10.6 Å². The second-order valence-electron chi connectivity index (χ2n) is 5.10. The molecular weight excluding hydrogens is 254 g/mol. The van der Waals surface area contributed by atoms with Crippen molar-refractivity contribution in [2.45, 2.75) is 13.3 Å². The zero-order valence-electron chi connectivity index (χ0n) is 11.3. The Hall–Kier alpha value is -2.21. The van der Waals surface area contributed by atoms with Crippen molar-refractivity contribution in [2.75, 3.05) is 18.0 Å². The number of H-pyrrole nitrogens is 1. The van der Waals surface area contributed by atoms with Gasteiger partial charge in [-0.1, -0.05) is 0 Å². The Labute approximate surface area is 117 Å². The molecule has 1 aromatic carbocycles. The predicted octanol–water partition coefficient (Wildman–Crippen LogP) is 1.09. The topological polar surface area (TPSA) is 87.9 Å². The lowest BCUT2D eigenvalue weighted by Crippen LogP contribution is -2.25. The van der Waals surface area contributed by atoms with E-state index in [4.69, 9.17) is 5.73 Å². The maximum absolute atomic E-state index is 11.9. The van der Waals surface area contributed by atoms with Gasteiger partial charge in [0, 0.05) is 24.2 Å². The molecule has 0 saturated carbocycles. The quantitative estimate of drug-likeness (QED) is 0.874. The smallest absolute Gasteiger partial charge is 0.227 e. The first kappa shape index (κ1) is 12.8. The van der Waals surface area contributed by atoms with E-state index in [0.29, 0.717) is 25.3 Å². The molecule has 1 aromatic heterocycles. The molecule has 1 aliphatic heterocycles. The number of amides is 1. The fourth-order valence-corrected chi connectivity index (χ4v) is 2.45. The zero-order chi connectivity index (χ0) is 14.1. The summed E-state index contributed by atoms with van der Waals surface area (Å²) in [6.45, 7) is 3.12. The molecule has 2 aromatic rings. The number of carbonyl (C=O) groups is 1. The normalized spacial score (nSPS) is 18.8. The first-order valence-corrected chi connectivity index (χ1v) is 6.67. The molecule has 0 spiro atoms. The second kappa shape index (κ2) is 5.05. The maximum atomic E-state index is 11.9. The molecule has 1 fully saturated rings. The molecule has 0 bridgehead atoms.